The molecule has 0 aromatic heterocycles. The smallest absolute Gasteiger partial charge is 0.251 e. The predicted octanol–water partition coefficient (Wildman–Crippen LogP) is 1.59. The first-order valence-electron chi connectivity index (χ1n) is 7.15. The minimum atomic E-state index is -1.29. The molecule has 0 heterocycles. The molecule has 1 amide bonds. The van der Waals surface area contributed by atoms with Crippen LogP contribution in [0.5, 0.6) is 0 Å². The number of carbonyl (C=O) groups is 1. The molecule has 1 aliphatic rings. The summed E-state index contributed by atoms with van der Waals surface area (Å²) < 4.78 is 0. The van der Waals surface area contributed by atoms with Crippen LogP contribution >= 0.6 is 0 Å². The van der Waals surface area contributed by atoms with E-state index in [0.29, 0.717) is 6.42 Å². The van der Waals surface area contributed by atoms with E-state index in [0.717, 1.165) is 38.5 Å². The van der Waals surface area contributed by atoms with Crippen molar-refractivity contribution < 1.29 is 15.0 Å². The van der Waals surface area contributed by atoms with Crippen molar-refractivity contribution in [2.24, 2.45) is 5.92 Å². The molecule has 106 valence electrons. The Morgan fingerprint density at radius 2 is 2.00 bits per heavy atom. The average Bonchev–Trinajstić information content (AvgIpc) is 2.54. The number of hydrogen-bond acceptors (Lipinski definition) is 3. The third-order valence-corrected chi connectivity index (χ3v) is 3.94. The van der Waals surface area contributed by atoms with E-state index in [9.17, 15) is 15.0 Å². The molecule has 3 N–H and O–H groups in total. The van der Waals surface area contributed by atoms with Crippen molar-refractivity contribution in [2.45, 2.75) is 70.4 Å². The Labute approximate surface area is 110 Å². The quantitative estimate of drug-likeness (QED) is 0.655. The lowest BCUT2D eigenvalue weighted by Crippen LogP contribution is -2.50. The number of hydrogen-bond donors (Lipinski definition) is 3. The molecule has 0 bridgehead atoms. The molecule has 0 radical (unpaired) electrons. The van der Waals surface area contributed by atoms with E-state index in [4.69, 9.17) is 0 Å². The SMILES string of the molecule is CCCC(C)(O)C(=O)NC1CCCCCC1CO. The highest BCUT2D eigenvalue weighted by molar-refractivity contribution is 5.84. The first-order chi connectivity index (χ1) is 8.51. The maximum atomic E-state index is 12.1. The standard InChI is InChI=1S/C14H27NO3/c1-3-9-14(2,18)13(17)15-12-8-6-4-5-7-11(12)10-16/h11-12,16,18H,3-10H2,1-2H3,(H,15,17). The lowest BCUT2D eigenvalue weighted by atomic mass is 9.93. The zero-order valence-corrected chi connectivity index (χ0v) is 11.6. The number of aliphatic hydroxyl groups excluding tert-OH is 1. The Balaban J connectivity index is 2.60. The topological polar surface area (TPSA) is 69.6 Å². The van der Waals surface area contributed by atoms with Gasteiger partial charge in [-0.2, -0.15) is 0 Å². The molecule has 1 saturated carbocycles. The van der Waals surface area contributed by atoms with E-state index in [2.05, 4.69) is 5.32 Å². The van der Waals surface area contributed by atoms with Crippen LogP contribution in [0, 0.1) is 5.92 Å². The number of amides is 1. The summed E-state index contributed by atoms with van der Waals surface area (Å²) in [6, 6.07) is 0.00771. The largest absolute Gasteiger partial charge is 0.396 e. The minimum Gasteiger partial charge on any atom is -0.396 e. The van der Waals surface area contributed by atoms with E-state index in [1.54, 1.807) is 6.92 Å². The molecule has 4 nitrogen and oxygen atoms in total. The molecule has 18 heavy (non-hydrogen) atoms. The number of rotatable bonds is 5. The van der Waals surface area contributed by atoms with Crippen molar-refractivity contribution in [3.8, 4) is 0 Å². The molecule has 0 spiro atoms. The number of aliphatic hydroxyl groups is 2. The van der Waals surface area contributed by atoms with Gasteiger partial charge in [0.1, 0.15) is 5.60 Å². The van der Waals surface area contributed by atoms with Crippen molar-refractivity contribution in [1.82, 2.24) is 5.32 Å². The van der Waals surface area contributed by atoms with E-state index in [1.807, 2.05) is 6.92 Å². The third kappa shape index (κ3) is 4.25. The summed E-state index contributed by atoms with van der Waals surface area (Å²) in [5.74, 6) is -0.163. The van der Waals surface area contributed by atoms with Gasteiger partial charge in [0.25, 0.3) is 5.91 Å². The molecule has 0 aromatic rings. The van der Waals surface area contributed by atoms with E-state index in [-0.39, 0.29) is 24.5 Å². The second kappa shape index (κ2) is 7.10. The molecule has 3 atom stereocenters. The van der Waals surface area contributed by atoms with Crippen LogP contribution in [-0.2, 0) is 4.79 Å². The Hall–Kier alpha value is -0.610. The van der Waals surface area contributed by atoms with Gasteiger partial charge in [0.05, 0.1) is 0 Å². The Morgan fingerprint density at radius 1 is 1.33 bits per heavy atom. The zero-order valence-electron chi connectivity index (χ0n) is 11.6. The minimum absolute atomic E-state index is 0.00771. The van der Waals surface area contributed by atoms with Crippen LogP contribution in [0.1, 0.15) is 58.8 Å². The Bertz CT molecular complexity index is 266. The molecule has 0 saturated heterocycles. The highest BCUT2D eigenvalue weighted by Gasteiger charge is 2.33. The second-order valence-electron chi connectivity index (χ2n) is 5.68. The summed E-state index contributed by atoms with van der Waals surface area (Å²) in [5, 5.41) is 22.4. The van der Waals surface area contributed by atoms with Crippen LogP contribution in [0.3, 0.4) is 0 Å². The highest BCUT2D eigenvalue weighted by Crippen LogP contribution is 2.24. The molecular formula is C14H27NO3. The lowest BCUT2D eigenvalue weighted by Gasteiger charge is -2.29. The highest BCUT2D eigenvalue weighted by atomic mass is 16.3. The summed E-state index contributed by atoms with van der Waals surface area (Å²) in [7, 11) is 0. The van der Waals surface area contributed by atoms with E-state index < -0.39 is 5.60 Å². The maximum absolute atomic E-state index is 12.1. The summed E-state index contributed by atoms with van der Waals surface area (Å²) in [6.07, 6.45) is 6.45. The summed E-state index contributed by atoms with van der Waals surface area (Å²) >= 11 is 0. The monoisotopic (exact) mass is 257 g/mol. The van der Waals surface area contributed by atoms with Crippen molar-refractivity contribution in [2.75, 3.05) is 6.61 Å². The van der Waals surface area contributed by atoms with Crippen molar-refractivity contribution in [3.05, 3.63) is 0 Å². The Kier molecular flexibility index (Phi) is 6.09. The molecule has 4 heteroatoms. The fourth-order valence-electron chi connectivity index (χ4n) is 2.72. The van der Waals surface area contributed by atoms with Gasteiger partial charge in [0.2, 0.25) is 0 Å². The maximum Gasteiger partial charge on any atom is 0.251 e. The summed E-state index contributed by atoms with van der Waals surface area (Å²) in [4.78, 5) is 12.1. The normalized spacial score (nSPS) is 28.2. The zero-order chi connectivity index (χ0) is 13.6. The molecule has 1 fully saturated rings. The van der Waals surface area contributed by atoms with Gasteiger partial charge in [-0.25, -0.2) is 0 Å². The first kappa shape index (κ1) is 15.4. The van der Waals surface area contributed by atoms with Gasteiger partial charge in [-0.15, -0.1) is 0 Å². The van der Waals surface area contributed by atoms with Gasteiger partial charge in [0, 0.05) is 18.6 Å². The van der Waals surface area contributed by atoms with Crippen LogP contribution in [-0.4, -0.2) is 34.4 Å². The number of carbonyl (C=O) groups excluding carboxylic acids is 1. The van der Waals surface area contributed by atoms with Crippen molar-refractivity contribution >= 4 is 5.91 Å². The first-order valence-corrected chi connectivity index (χ1v) is 7.15. The van der Waals surface area contributed by atoms with Crippen LogP contribution in [0.4, 0.5) is 0 Å². The van der Waals surface area contributed by atoms with Crippen molar-refractivity contribution in [3.63, 3.8) is 0 Å². The van der Waals surface area contributed by atoms with Crippen LogP contribution in [0.2, 0.25) is 0 Å². The fourth-order valence-corrected chi connectivity index (χ4v) is 2.72. The molecule has 1 rings (SSSR count). The summed E-state index contributed by atoms with van der Waals surface area (Å²) in [6.45, 7) is 3.63. The summed E-state index contributed by atoms with van der Waals surface area (Å²) in [5.41, 5.74) is -1.29. The predicted molar refractivity (Wildman–Crippen MR) is 71.1 cm³/mol. The Morgan fingerprint density at radius 3 is 2.61 bits per heavy atom. The van der Waals surface area contributed by atoms with Gasteiger partial charge >= 0.3 is 0 Å². The van der Waals surface area contributed by atoms with Gasteiger partial charge in [-0.05, 0) is 26.2 Å². The average molecular weight is 257 g/mol. The number of nitrogens with one attached hydrogen (secondary N) is 1. The lowest BCUT2D eigenvalue weighted by molar-refractivity contribution is -0.140. The molecular weight excluding hydrogens is 230 g/mol. The van der Waals surface area contributed by atoms with Crippen LogP contribution < -0.4 is 5.32 Å². The van der Waals surface area contributed by atoms with Crippen LogP contribution in [0.15, 0.2) is 0 Å². The third-order valence-electron chi connectivity index (χ3n) is 3.94. The fraction of sp³-hybridized carbons (Fsp3) is 0.929. The molecule has 1 aliphatic carbocycles. The van der Waals surface area contributed by atoms with Gasteiger partial charge in [0.15, 0.2) is 0 Å². The molecule has 0 aromatic carbocycles. The van der Waals surface area contributed by atoms with Crippen molar-refractivity contribution in [1.29, 1.82) is 0 Å². The van der Waals surface area contributed by atoms with Crippen LogP contribution in [0.25, 0.3) is 0 Å². The van der Waals surface area contributed by atoms with E-state index in [1.165, 1.54) is 0 Å². The molecule has 0 aliphatic heterocycles. The van der Waals surface area contributed by atoms with Gasteiger partial charge in [-0.3, -0.25) is 4.79 Å². The molecule has 3 unspecified atom stereocenters. The second-order valence-corrected chi connectivity index (χ2v) is 5.68. The van der Waals surface area contributed by atoms with Gasteiger partial charge < -0.3 is 15.5 Å². The van der Waals surface area contributed by atoms with E-state index >= 15 is 0 Å². The van der Waals surface area contributed by atoms with Gasteiger partial charge in [-0.1, -0.05) is 32.6 Å².